The van der Waals surface area contributed by atoms with E-state index in [4.69, 9.17) is 10.3 Å². The third-order valence-electron chi connectivity index (χ3n) is 4.43. The van der Waals surface area contributed by atoms with Gasteiger partial charge in [0.1, 0.15) is 24.3 Å². The average molecular weight is 412 g/mol. The quantitative estimate of drug-likeness (QED) is 0.497. The molecule has 29 heavy (non-hydrogen) atoms. The van der Waals surface area contributed by atoms with E-state index in [1.165, 1.54) is 18.6 Å². The molecular formula is C18H20F4N6O. The highest BCUT2D eigenvalue weighted by atomic mass is 19.3. The summed E-state index contributed by atoms with van der Waals surface area (Å²) in [6, 6.07) is 0.0513. The molecule has 2 N–H and O–H groups in total. The molecule has 0 saturated carbocycles. The molecule has 0 radical (unpaired) electrons. The largest absolute Gasteiger partial charge is 0.457 e. The minimum absolute atomic E-state index is 0.0513. The molecule has 3 rings (SSSR count). The van der Waals surface area contributed by atoms with Crippen LogP contribution in [0.25, 0.3) is 0 Å². The van der Waals surface area contributed by atoms with E-state index in [2.05, 4.69) is 20.4 Å². The van der Waals surface area contributed by atoms with Crippen molar-refractivity contribution in [3.8, 4) is 6.01 Å². The summed E-state index contributed by atoms with van der Waals surface area (Å²) in [6.07, 6.45) is 4.66. The van der Waals surface area contributed by atoms with Gasteiger partial charge >= 0.3 is 6.01 Å². The second kappa shape index (κ2) is 8.58. The van der Waals surface area contributed by atoms with Crippen LogP contribution in [0.4, 0.5) is 23.2 Å². The Kier molecular flexibility index (Phi) is 6.14. The topological polar surface area (TPSA) is 86.5 Å². The maximum atomic E-state index is 13.6. The maximum absolute atomic E-state index is 13.6. The second-order valence-electron chi connectivity index (χ2n) is 6.78. The van der Waals surface area contributed by atoms with Gasteiger partial charge in [0, 0.05) is 25.2 Å². The van der Waals surface area contributed by atoms with Crippen LogP contribution >= 0.6 is 0 Å². The highest BCUT2D eigenvalue weighted by molar-refractivity contribution is 5.45. The fourth-order valence-electron chi connectivity index (χ4n) is 2.79. The Balaban J connectivity index is 1.56. The zero-order chi connectivity index (χ0) is 21.0. The predicted molar refractivity (Wildman–Crippen MR) is 97.1 cm³/mol. The standard InChI is InChI=1S/C18H20F4N6O/c1-18(21,22)15-4-12(2-3-16(15)20)24-5-13(27-23)10-29-17-25-6-14(7-26-17)28-8-11(19)9-28/h4-7,11,23-24H,2-3,8-10H2,1H3/b13-5-,27-23?. The van der Waals surface area contributed by atoms with Gasteiger partial charge in [-0.3, -0.25) is 0 Å². The van der Waals surface area contributed by atoms with Crippen LogP contribution in [0.5, 0.6) is 6.01 Å². The summed E-state index contributed by atoms with van der Waals surface area (Å²) in [5.74, 6) is -4.11. The molecule has 0 amide bonds. The fraction of sp³-hybridized carbons (Fsp3) is 0.444. The Bertz CT molecular complexity index is 841. The Labute approximate surface area is 164 Å². The van der Waals surface area contributed by atoms with Crippen molar-refractivity contribution in [2.24, 2.45) is 5.11 Å². The van der Waals surface area contributed by atoms with E-state index in [9.17, 15) is 17.6 Å². The highest BCUT2D eigenvalue weighted by Crippen LogP contribution is 2.34. The van der Waals surface area contributed by atoms with Gasteiger partial charge in [-0.05, 0) is 12.5 Å². The molecule has 1 fully saturated rings. The summed E-state index contributed by atoms with van der Waals surface area (Å²) in [4.78, 5) is 9.82. The molecule has 0 atom stereocenters. The van der Waals surface area contributed by atoms with Crippen LogP contribution in [0.2, 0.25) is 0 Å². The lowest BCUT2D eigenvalue weighted by atomic mass is 9.99. The number of allylic oxidation sites excluding steroid dienone is 4. The van der Waals surface area contributed by atoms with Crippen LogP contribution in [0, 0.1) is 5.53 Å². The molecule has 0 unspecified atom stereocenters. The highest BCUT2D eigenvalue weighted by Gasteiger charge is 2.32. The molecule has 0 aromatic carbocycles. The number of nitrogens with zero attached hydrogens (tertiary/aromatic N) is 4. The van der Waals surface area contributed by atoms with E-state index < -0.39 is 23.5 Å². The number of alkyl halides is 3. The summed E-state index contributed by atoms with van der Waals surface area (Å²) in [7, 11) is 0. The van der Waals surface area contributed by atoms with E-state index in [1.807, 2.05) is 0 Å². The Morgan fingerprint density at radius 3 is 2.66 bits per heavy atom. The normalized spacial score (nSPS) is 18.3. The molecule has 0 bridgehead atoms. The summed E-state index contributed by atoms with van der Waals surface area (Å²) >= 11 is 0. The molecule has 1 saturated heterocycles. The number of aromatic nitrogens is 2. The number of hydrogen-bond acceptors (Lipinski definition) is 7. The third kappa shape index (κ3) is 5.30. The van der Waals surface area contributed by atoms with Gasteiger partial charge in [-0.25, -0.2) is 33.1 Å². The van der Waals surface area contributed by atoms with Crippen molar-refractivity contribution in [3.05, 3.63) is 47.5 Å². The number of rotatable bonds is 8. The van der Waals surface area contributed by atoms with Gasteiger partial charge in [-0.1, -0.05) is 0 Å². The molecule has 156 valence electrons. The lowest BCUT2D eigenvalue weighted by Crippen LogP contribution is -2.48. The summed E-state index contributed by atoms with van der Waals surface area (Å²) in [5, 5.41) is 6.07. The SMILES string of the molecule is CC(F)(F)C1=C(F)CCC(N/C=C(/COc2ncc(N3CC(F)C3)cn2)N=N)=C1. The van der Waals surface area contributed by atoms with Crippen LogP contribution in [-0.4, -0.2) is 41.8 Å². The Hall–Kier alpha value is -2.98. The minimum atomic E-state index is -3.28. The molecule has 2 aliphatic rings. The Morgan fingerprint density at radius 1 is 1.38 bits per heavy atom. The van der Waals surface area contributed by atoms with Crippen LogP contribution in [0.15, 0.2) is 52.6 Å². The van der Waals surface area contributed by atoms with E-state index in [0.29, 0.717) is 31.4 Å². The molecule has 1 aromatic heterocycles. The molecule has 1 aliphatic heterocycles. The first-order chi connectivity index (χ1) is 13.8. The van der Waals surface area contributed by atoms with Crippen molar-refractivity contribution in [2.75, 3.05) is 24.6 Å². The number of halogens is 4. The van der Waals surface area contributed by atoms with Gasteiger partial charge < -0.3 is 15.0 Å². The lowest BCUT2D eigenvalue weighted by molar-refractivity contribution is 0.0635. The lowest BCUT2D eigenvalue weighted by Gasteiger charge is -2.35. The van der Waals surface area contributed by atoms with Gasteiger partial charge in [0.15, 0.2) is 0 Å². The monoisotopic (exact) mass is 412 g/mol. The van der Waals surface area contributed by atoms with E-state index in [0.717, 1.165) is 6.08 Å². The van der Waals surface area contributed by atoms with Crippen molar-refractivity contribution < 1.29 is 22.3 Å². The zero-order valence-electron chi connectivity index (χ0n) is 15.6. The van der Waals surface area contributed by atoms with Crippen LogP contribution < -0.4 is 15.0 Å². The molecule has 1 aromatic rings. The molecule has 0 spiro atoms. The van der Waals surface area contributed by atoms with Gasteiger partial charge in [0.05, 0.1) is 36.7 Å². The van der Waals surface area contributed by atoms with E-state index in [1.54, 1.807) is 4.90 Å². The molecular weight excluding hydrogens is 392 g/mol. The summed E-state index contributed by atoms with van der Waals surface area (Å²) in [5.41, 5.74) is 7.76. The minimum Gasteiger partial charge on any atom is -0.457 e. The fourth-order valence-corrected chi connectivity index (χ4v) is 2.79. The zero-order valence-corrected chi connectivity index (χ0v) is 15.6. The van der Waals surface area contributed by atoms with Crippen LogP contribution in [-0.2, 0) is 0 Å². The van der Waals surface area contributed by atoms with Gasteiger partial charge in [0.25, 0.3) is 5.92 Å². The first-order valence-corrected chi connectivity index (χ1v) is 8.90. The molecule has 2 heterocycles. The number of nitrogens with one attached hydrogen (secondary N) is 2. The van der Waals surface area contributed by atoms with E-state index >= 15 is 0 Å². The van der Waals surface area contributed by atoms with E-state index in [-0.39, 0.29) is 31.2 Å². The molecule has 1 aliphatic carbocycles. The van der Waals surface area contributed by atoms with Crippen molar-refractivity contribution in [3.63, 3.8) is 0 Å². The number of ether oxygens (including phenoxy) is 1. The van der Waals surface area contributed by atoms with Crippen molar-refractivity contribution >= 4 is 5.69 Å². The second-order valence-corrected chi connectivity index (χ2v) is 6.78. The van der Waals surface area contributed by atoms with Gasteiger partial charge in [-0.15, -0.1) is 0 Å². The smallest absolute Gasteiger partial charge is 0.316 e. The average Bonchev–Trinajstić information content (AvgIpc) is 2.66. The van der Waals surface area contributed by atoms with Gasteiger partial charge in [-0.2, -0.15) is 5.11 Å². The van der Waals surface area contributed by atoms with Crippen molar-refractivity contribution in [2.45, 2.75) is 31.9 Å². The first kappa shape index (κ1) is 20.7. The summed E-state index contributed by atoms with van der Waals surface area (Å²) < 4.78 is 58.7. The third-order valence-corrected chi connectivity index (χ3v) is 4.43. The van der Waals surface area contributed by atoms with Crippen molar-refractivity contribution in [1.29, 1.82) is 5.53 Å². The first-order valence-electron chi connectivity index (χ1n) is 8.90. The number of hydrogen-bond donors (Lipinski definition) is 2. The van der Waals surface area contributed by atoms with Crippen molar-refractivity contribution in [1.82, 2.24) is 15.3 Å². The molecule has 11 heteroatoms. The predicted octanol–water partition coefficient (Wildman–Crippen LogP) is 4.03. The maximum Gasteiger partial charge on any atom is 0.316 e. The van der Waals surface area contributed by atoms with Crippen LogP contribution in [0.3, 0.4) is 0 Å². The Morgan fingerprint density at radius 2 is 2.07 bits per heavy atom. The number of anilines is 1. The van der Waals surface area contributed by atoms with Crippen LogP contribution in [0.1, 0.15) is 19.8 Å². The van der Waals surface area contributed by atoms with Gasteiger partial charge in [0.2, 0.25) is 0 Å². The molecule has 7 nitrogen and oxygen atoms in total. The summed E-state index contributed by atoms with van der Waals surface area (Å²) in [6.45, 7) is 1.11.